The summed E-state index contributed by atoms with van der Waals surface area (Å²) in [6.07, 6.45) is 0. The summed E-state index contributed by atoms with van der Waals surface area (Å²) >= 11 is 1.06. The first-order valence-corrected chi connectivity index (χ1v) is 6.03. The predicted molar refractivity (Wildman–Crippen MR) is 66.4 cm³/mol. The minimum Gasteiger partial charge on any atom is -0.204 e. The van der Waals surface area contributed by atoms with Gasteiger partial charge in [0.15, 0.2) is 11.6 Å². The van der Waals surface area contributed by atoms with Gasteiger partial charge >= 0.3 is 0 Å². The second-order valence-electron chi connectivity index (χ2n) is 3.58. The van der Waals surface area contributed by atoms with E-state index in [0.29, 0.717) is 20.9 Å². The standard InChI is InChI=1S/C14H6F2N2S/c15-12-5-4-11(6-13(12)16)19-14-9(7-17)2-1-3-10(14)8-18/h1-6H. The lowest BCUT2D eigenvalue weighted by atomic mass is 10.1. The Morgan fingerprint density at radius 2 is 1.53 bits per heavy atom. The third-order valence-corrected chi connectivity index (χ3v) is 3.50. The molecule has 0 aliphatic rings. The Kier molecular flexibility index (Phi) is 3.79. The summed E-state index contributed by atoms with van der Waals surface area (Å²) in [6.45, 7) is 0. The van der Waals surface area contributed by atoms with Crippen LogP contribution < -0.4 is 0 Å². The Hall–Kier alpha value is -2.37. The zero-order chi connectivity index (χ0) is 13.8. The molecule has 92 valence electrons. The van der Waals surface area contributed by atoms with Gasteiger partial charge in [-0.15, -0.1) is 0 Å². The third kappa shape index (κ3) is 2.73. The predicted octanol–water partition coefficient (Wildman–Crippen LogP) is 3.86. The molecule has 2 aromatic rings. The smallest absolute Gasteiger partial charge is 0.159 e. The topological polar surface area (TPSA) is 47.6 Å². The van der Waals surface area contributed by atoms with Gasteiger partial charge in [0.05, 0.1) is 11.1 Å². The highest BCUT2D eigenvalue weighted by Gasteiger charge is 2.11. The fourth-order valence-corrected chi connectivity index (χ4v) is 2.46. The van der Waals surface area contributed by atoms with Crippen LogP contribution in [-0.4, -0.2) is 0 Å². The normalized spacial score (nSPS) is 9.68. The SMILES string of the molecule is N#Cc1cccc(C#N)c1Sc1ccc(F)c(F)c1. The largest absolute Gasteiger partial charge is 0.204 e. The maximum absolute atomic E-state index is 13.1. The molecule has 0 aliphatic carbocycles. The van der Waals surface area contributed by atoms with E-state index in [1.807, 2.05) is 12.1 Å². The van der Waals surface area contributed by atoms with Crippen LogP contribution in [0, 0.1) is 34.3 Å². The Balaban J connectivity index is 2.46. The van der Waals surface area contributed by atoms with Gasteiger partial charge in [-0.05, 0) is 30.3 Å². The summed E-state index contributed by atoms with van der Waals surface area (Å²) < 4.78 is 26.0. The maximum atomic E-state index is 13.1. The van der Waals surface area contributed by atoms with Crippen molar-refractivity contribution >= 4 is 11.8 Å². The Labute approximate surface area is 112 Å². The van der Waals surface area contributed by atoms with Crippen LogP contribution in [0.2, 0.25) is 0 Å². The van der Waals surface area contributed by atoms with Crippen molar-refractivity contribution in [3.05, 3.63) is 59.2 Å². The minimum atomic E-state index is -0.960. The van der Waals surface area contributed by atoms with Gasteiger partial charge in [-0.1, -0.05) is 17.8 Å². The van der Waals surface area contributed by atoms with Crippen molar-refractivity contribution in [2.24, 2.45) is 0 Å². The highest BCUT2D eigenvalue weighted by Crippen LogP contribution is 2.33. The molecule has 0 aliphatic heterocycles. The van der Waals surface area contributed by atoms with Crippen LogP contribution in [0.1, 0.15) is 11.1 Å². The molecule has 0 bridgehead atoms. The molecule has 0 atom stereocenters. The molecule has 0 unspecified atom stereocenters. The highest BCUT2D eigenvalue weighted by atomic mass is 32.2. The molecule has 0 fully saturated rings. The van der Waals surface area contributed by atoms with Crippen molar-refractivity contribution in [1.82, 2.24) is 0 Å². The first-order valence-electron chi connectivity index (χ1n) is 5.22. The third-order valence-electron chi connectivity index (χ3n) is 2.37. The number of benzene rings is 2. The summed E-state index contributed by atoms with van der Waals surface area (Å²) in [7, 11) is 0. The van der Waals surface area contributed by atoms with E-state index in [1.54, 1.807) is 18.2 Å². The lowest BCUT2D eigenvalue weighted by Crippen LogP contribution is -1.88. The van der Waals surface area contributed by atoms with Crippen LogP contribution in [0.5, 0.6) is 0 Å². The highest BCUT2D eigenvalue weighted by molar-refractivity contribution is 7.99. The minimum absolute atomic E-state index is 0.328. The fraction of sp³-hybridized carbons (Fsp3) is 0. The van der Waals surface area contributed by atoms with E-state index < -0.39 is 11.6 Å². The number of nitrogens with zero attached hydrogens (tertiary/aromatic N) is 2. The average Bonchev–Trinajstić information content (AvgIpc) is 2.43. The van der Waals surface area contributed by atoms with Crippen LogP contribution in [0.4, 0.5) is 8.78 Å². The number of halogens is 2. The summed E-state index contributed by atoms with van der Waals surface area (Å²) in [5, 5.41) is 18.0. The van der Waals surface area contributed by atoms with Gasteiger partial charge in [0.2, 0.25) is 0 Å². The molecule has 2 nitrogen and oxygen atoms in total. The van der Waals surface area contributed by atoms with Gasteiger partial charge in [-0.3, -0.25) is 0 Å². The molecular weight excluding hydrogens is 266 g/mol. The van der Waals surface area contributed by atoms with Crippen molar-refractivity contribution in [3.63, 3.8) is 0 Å². The Morgan fingerprint density at radius 3 is 2.05 bits per heavy atom. The Bertz CT molecular complexity index is 682. The van der Waals surface area contributed by atoms with Gasteiger partial charge < -0.3 is 0 Å². The maximum Gasteiger partial charge on any atom is 0.159 e. The molecule has 19 heavy (non-hydrogen) atoms. The zero-order valence-electron chi connectivity index (χ0n) is 9.52. The second-order valence-corrected chi connectivity index (χ2v) is 4.67. The van der Waals surface area contributed by atoms with Crippen molar-refractivity contribution in [2.45, 2.75) is 9.79 Å². The second kappa shape index (κ2) is 5.51. The summed E-state index contributed by atoms with van der Waals surface area (Å²) in [6, 6.07) is 12.2. The first kappa shape index (κ1) is 13.1. The first-order chi connectivity index (χ1) is 9.15. The van der Waals surface area contributed by atoms with E-state index in [-0.39, 0.29) is 0 Å². The lowest BCUT2D eigenvalue weighted by molar-refractivity contribution is 0.506. The van der Waals surface area contributed by atoms with E-state index in [4.69, 9.17) is 10.5 Å². The van der Waals surface area contributed by atoms with Crippen LogP contribution in [0.15, 0.2) is 46.2 Å². The number of hydrogen-bond acceptors (Lipinski definition) is 3. The summed E-state index contributed by atoms with van der Waals surface area (Å²) in [5.74, 6) is -1.89. The van der Waals surface area contributed by atoms with Crippen molar-refractivity contribution in [3.8, 4) is 12.1 Å². The Morgan fingerprint density at radius 1 is 0.895 bits per heavy atom. The molecular formula is C14H6F2N2S. The molecule has 0 heterocycles. The number of hydrogen-bond donors (Lipinski definition) is 0. The van der Waals surface area contributed by atoms with Crippen molar-refractivity contribution in [2.75, 3.05) is 0 Å². The molecule has 0 N–H and O–H groups in total. The summed E-state index contributed by atoms with van der Waals surface area (Å²) in [4.78, 5) is 0.872. The fourth-order valence-electron chi connectivity index (χ4n) is 1.48. The van der Waals surface area contributed by atoms with E-state index >= 15 is 0 Å². The van der Waals surface area contributed by atoms with Crippen LogP contribution >= 0.6 is 11.8 Å². The number of nitriles is 2. The van der Waals surface area contributed by atoms with E-state index in [2.05, 4.69) is 0 Å². The van der Waals surface area contributed by atoms with Crippen LogP contribution in [0.25, 0.3) is 0 Å². The summed E-state index contributed by atoms with van der Waals surface area (Å²) in [5.41, 5.74) is 0.655. The van der Waals surface area contributed by atoms with Gasteiger partial charge in [0.25, 0.3) is 0 Å². The molecule has 2 rings (SSSR count). The molecule has 0 saturated carbocycles. The molecule has 0 amide bonds. The quantitative estimate of drug-likeness (QED) is 0.834. The number of rotatable bonds is 2. The van der Waals surface area contributed by atoms with Crippen molar-refractivity contribution in [1.29, 1.82) is 10.5 Å². The van der Waals surface area contributed by atoms with E-state index in [0.717, 1.165) is 23.9 Å². The average molecular weight is 272 g/mol. The van der Waals surface area contributed by atoms with Gasteiger partial charge in [0.1, 0.15) is 12.1 Å². The van der Waals surface area contributed by atoms with Gasteiger partial charge in [0, 0.05) is 9.79 Å². The van der Waals surface area contributed by atoms with Crippen LogP contribution in [-0.2, 0) is 0 Å². The monoisotopic (exact) mass is 272 g/mol. The molecule has 0 spiro atoms. The van der Waals surface area contributed by atoms with E-state index in [1.165, 1.54) is 6.07 Å². The van der Waals surface area contributed by atoms with E-state index in [9.17, 15) is 8.78 Å². The van der Waals surface area contributed by atoms with Gasteiger partial charge in [-0.25, -0.2) is 8.78 Å². The molecule has 0 aromatic heterocycles. The molecule has 0 radical (unpaired) electrons. The zero-order valence-corrected chi connectivity index (χ0v) is 10.3. The van der Waals surface area contributed by atoms with Crippen molar-refractivity contribution < 1.29 is 8.78 Å². The molecule has 2 aromatic carbocycles. The molecule has 0 saturated heterocycles. The lowest BCUT2D eigenvalue weighted by Gasteiger charge is -2.06. The van der Waals surface area contributed by atoms with Crippen LogP contribution in [0.3, 0.4) is 0 Å². The molecule has 5 heteroatoms. The van der Waals surface area contributed by atoms with Gasteiger partial charge in [-0.2, -0.15) is 10.5 Å².